The molecule has 1 N–H and O–H groups in total. The molecular formula is C16H25NO2. The molecule has 19 heavy (non-hydrogen) atoms. The van der Waals surface area contributed by atoms with Crippen LogP contribution in [0.1, 0.15) is 38.2 Å². The largest absolute Gasteiger partial charge is 0.497 e. The Kier molecular flexibility index (Phi) is 5.67. The minimum absolute atomic E-state index is 0.446. The highest BCUT2D eigenvalue weighted by Crippen LogP contribution is 2.19. The summed E-state index contributed by atoms with van der Waals surface area (Å²) < 4.78 is 11.0. The van der Waals surface area contributed by atoms with Crippen LogP contribution in [0.15, 0.2) is 24.3 Å². The molecule has 3 heteroatoms. The van der Waals surface area contributed by atoms with Gasteiger partial charge < -0.3 is 14.8 Å². The zero-order chi connectivity index (χ0) is 13.5. The Labute approximate surface area is 116 Å². The van der Waals surface area contributed by atoms with Crippen LogP contribution in [-0.4, -0.2) is 25.9 Å². The topological polar surface area (TPSA) is 30.5 Å². The standard InChI is InChI=1S/C16H25NO2/c1-3-5-16-11-14(8-9-19-16)17-12-13-6-4-7-15(10-13)18-2/h4,6-7,10,14,16-17H,3,5,8-9,11-12H2,1-2H3. The summed E-state index contributed by atoms with van der Waals surface area (Å²) in [5.74, 6) is 0.926. The van der Waals surface area contributed by atoms with Gasteiger partial charge in [-0.3, -0.25) is 0 Å². The van der Waals surface area contributed by atoms with E-state index in [9.17, 15) is 0 Å². The van der Waals surface area contributed by atoms with Gasteiger partial charge in [0, 0.05) is 19.2 Å². The number of benzene rings is 1. The van der Waals surface area contributed by atoms with E-state index < -0.39 is 0 Å². The van der Waals surface area contributed by atoms with Crippen LogP contribution >= 0.6 is 0 Å². The van der Waals surface area contributed by atoms with Crippen LogP contribution in [0.4, 0.5) is 0 Å². The molecule has 106 valence electrons. The number of hydrogen-bond donors (Lipinski definition) is 1. The van der Waals surface area contributed by atoms with Crippen LogP contribution in [0.5, 0.6) is 5.75 Å². The summed E-state index contributed by atoms with van der Waals surface area (Å²) in [6, 6.07) is 8.83. The Bertz CT molecular complexity index is 379. The first-order chi connectivity index (χ1) is 9.31. The van der Waals surface area contributed by atoms with E-state index in [0.29, 0.717) is 12.1 Å². The van der Waals surface area contributed by atoms with Gasteiger partial charge in [-0.1, -0.05) is 25.5 Å². The van der Waals surface area contributed by atoms with Crippen LogP contribution in [0.2, 0.25) is 0 Å². The van der Waals surface area contributed by atoms with Crippen molar-refractivity contribution < 1.29 is 9.47 Å². The molecule has 2 unspecified atom stereocenters. The Morgan fingerprint density at radius 1 is 1.42 bits per heavy atom. The summed E-state index contributed by atoms with van der Waals surface area (Å²) in [7, 11) is 1.71. The van der Waals surface area contributed by atoms with E-state index in [1.807, 2.05) is 12.1 Å². The minimum atomic E-state index is 0.446. The molecule has 2 atom stereocenters. The van der Waals surface area contributed by atoms with Crippen molar-refractivity contribution in [3.05, 3.63) is 29.8 Å². The van der Waals surface area contributed by atoms with Crippen LogP contribution in [0.25, 0.3) is 0 Å². The first kappa shape index (κ1) is 14.4. The maximum absolute atomic E-state index is 5.78. The third-order valence-corrected chi connectivity index (χ3v) is 3.71. The molecule has 0 aromatic heterocycles. The predicted molar refractivity (Wildman–Crippen MR) is 77.5 cm³/mol. The van der Waals surface area contributed by atoms with Gasteiger partial charge in [-0.05, 0) is 37.0 Å². The molecule has 3 nitrogen and oxygen atoms in total. The number of ether oxygens (including phenoxy) is 2. The van der Waals surface area contributed by atoms with E-state index in [0.717, 1.165) is 31.7 Å². The lowest BCUT2D eigenvalue weighted by Crippen LogP contribution is -2.38. The first-order valence-corrected chi connectivity index (χ1v) is 7.29. The maximum Gasteiger partial charge on any atom is 0.119 e. The zero-order valence-electron chi connectivity index (χ0n) is 12.0. The smallest absolute Gasteiger partial charge is 0.119 e. The highest BCUT2D eigenvalue weighted by atomic mass is 16.5. The van der Waals surface area contributed by atoms with Gasteiger partial charge in [0.25, 0.3) is 0 Å². The van der Waals surface area contributed by atoms with Gasteiger partial charge in [0.15, 0.2) is 0 Å². The average Bonchev–Trinajstić information content (AvgIpc) is 2.46. The van der Waals surface area contributed by atoms with Crippen LogP contribution < -0.4 is 10.1 Å². The van der Waals surface area contributed by atoms with E-state index in [1.54, 1.807) is 7.11 Å². The monoisotopic (exact) mass is 263 g/mol. The fourth-order valence-electron chi connectivity index (χ4n) is 2.63. The van der Waals surface area contributed by atoms with Crippen molar-refractivity contribution in [3.63, 3.8) is 0 Å². The first-order valence-electron chi connectivity index (χ1n) is 7.29. The molecule has 0 radical (unpaired) electrons. The molecule has 0 amide bonds. The molecule has 1 aromatic rings. The van der Waals surface area contributed by atoms with Crippen LogP contribution in [0.3, 0.4) is 0 Å². The summed E-state index contributed by atoms with van der Waals surface area (Å²) in [6.07, 6.45) is 5.08. The molecule has 2 rings (SSSR count). The molecule has 1 saturated heterocycles. The molecular weight excluding hydrogens is 238 g/mol. The van der Waals surface area contributed by atoms with Crippen LogP contribution in [-0.2, 0) is 11.3 Å². The van der Waals surface area contributed by atoms with Crippen molar-refractivity contribution in [3.8, 4) is 5.75 Å². The average molecular weight is 263 g/mol. The van der Waals surface area contributed by atoms with Crippen molar-refractivity contribution in [1.82, 2.24) is 5.32 Å². The van der Waals surface area contributed by atoms with E-state index >= 15 is 0 Å². The summed E-state index contributed by atoms with van der Waals surface area (Å²) in [5, 5.41) is 3.64. The molecule has 1 aromatic carbocycles. The molecule has 1 aliphatic heterocycles. The lowest BCUT2D eigenvalue weighted by Gasteiger charge is -2.30. The number of hydrogen-bond acceptors (Lipinski definition) is 3. The van der Waals surface area contributed by atoms with Crippen molar-refractivity contribution in [1.29, 1.82) is 0 Å². The SMILES string of the molecule is CCCC1CC(NCc2cccc(OC)c2)CCO1. The second-order valence-electron chi connectivity index (χ2n) is 5.24. The Morgan fingerprint density at radius 3 is 3.11 bits per heavy atom. The Morgan fingerprint density at radius 2 is 2.32 bits per heavy atom. The fraction of sp³-hybridized carbons (Fsp3) is 0.625. The Hall–Kier alpha value is -1.06. The van der Waals surface area contributed by atoms with Gasteiger partial charge in [0.2, 0.25) is 0 Å². The van der Waals surface area contributed by atoms with Gasteiger partial charge in [0.1, 0.15) is 5.75 Å². The van der Waals surface area contributed by atoms with Crippen molar-refractivity contribution in [2.45, 2.75) is 51.3 Å². The quantitative estimate of drug-likeness (QED) is 0.855. The molecule has 1 aliphatic rings. The van der Waals surface area contributed by atoms with Gasteiger partial charge in [-0.25, -0.2) is 0 Å². The summed E-state index contributed by atoms with van der Waals surface area (Å²) in [4.78, 5) is 0. The normalized spacial score (nSPS) is 23.3. The highest BCUT2D eigenvalue weighted by Gasteiger charge is 2.21. The summed E-state index contributed by atoms with van der Waals surface area (Å²) in [6.45, 7) is 4.01. The third kappa shape index (κ3) is 4.51. The predicted octanol–water partition coefficient (Wildman–Crippen LogP) is 3.13. The van der Waals surface area contributed by atoms with Gasteiger partial charge in [0.05, 0.1) is 13.2 Å². The molecule has 0 aliphatic carbocycles. The van der Waals surface area contributed by atoms with Gasteiger partial charge in [-0.15, -0.1) is 0 Å². The van der Waals surface area contributed by atoms with Crippen molar-refractivity contribution >= 4 is 0 Å². The molecule has 1 fully saturated rings. The third-order valence-electron chi connectivity index (χ3n) is 3.71. The van der Waals surface area contributed by atoms with Crippen molar-refractivity contribution in [2.75, 3.05) is 13.7 Å². The second kappa shape index (κ2) is 7.51. The number of rotatable bonds is 6. The molecule has 1 heterocycles. The van der Waals surface area contributed by atoms with Gasteiger partial charge >= 0.3 is 0 Å². The molecule has 0 bridgehead atoms. The van der Waals surface area contributed by atoms with Crippen molar-refractivity contribution in [2.24, 2.45) is 0 Å². The van der Waals surface area contributed by atoms with Gasteiger partial charge in [-0.2, -0.15) is 0 Å². The van der Waals surface area contributed by atoms with E-state index in [1.165, 1.54) is 18.4 Å². The lowest BCUT2D eigenvalue weighted by molar-refractivity contribution is -0.00343. The molecule has 0 saturated carbocycles. The highest BCUT2D eigenvalue weighted by molar-refractivity contribution is 5.28. The zero-order valence-corrected chi connectivity index (χ0v) is 12.0. The minimum Gasteiger partial charge on any atom is -0.497 e. The number of nitrogens with one attached hydrogen (secondary N) is 1. The fourth-order valence-corrected chi connectivity index (χ4v) is 2.63. The van der Waals surface area contributed by atoms with E-state index in [4.69, 9.17) is 9.47 Å². The number of methoxy groups -OCH3 is 1. The molecule has 0 spiro atoms. The summed E-state index contributed by atoms with van der Waals surface area (Å²) in [5.41, 5.74) is 1.28. The lowest BCUT2D eigenvalue weighted by atomic mass is 10.00. The second-order valence-corrected chi connectivity index (χ2v) is 5.24. The van der Waals surface area contributed by atoms with E-state index in [2.05, 4.69) is 24.4 Å². The summed E-state index contributed by atoms with van der Waals surface area (Å²) >= 11 is 0. The maximum atomic E-state index is 5.78. The van der Waals surface area contributed by atoms with Crippen LogP contribution in [0, 0.1) is 0 Å². The Balaban J connectivity index is 1.80. The van der Waals surface area contributed by atoms with E-state index in [-0.39, 0.29) is 0 Å².